The van der Waals surface area contributed by atoms with Gasteiger partial charge in [-0.15, -0.1) is 0 Å². The largest absolute Gasteiger partial charge is 0.475 e. The van der Waals surface area contributed by atoms with Gasteiger partial charge in [0.1, 0.15) is 5.60 Å². The summed E-state index contributed by atoms with van der Waals surface area (Å²) >= 11 is 0. The van der Waals surface area contributed by atoms with Crippen molar-refractivity contribution < 1.29 is 4.74 Å². The number of unbranched alkanes of at least 4 members (excludes halogenated alkanes) is 3. The van der Waals surface area contributed by atoms with E-state index in [0.717, 1.165) is 12.5 Å². The highest BCUT2D eigenvalue weighted by Gasteiger charge is 2.47. The van der Waals surface area contributed by atoms with Crippen LogP contribution in [0.1, 0.15) is 71.6 Å². The van der Waals surface area contributed by atoms with Crippen molar-refractivity contribution in [1.29, 1.82) is 0 Å². The van der Waals surface area contributed by atoms with Gasteiger partial charge in [0.25, 0.3) is 0 Å². The third kappa shape index (κ3) is 2.89. The molecule has 0 amide bonds. The molecule has 3 atom stereocenters. The van der Waals surface area contributed by atoms with E-state index in [2.05, 4.69) is 18.8 Å². The Bertz CT molecular complexity index is 266. The lowest BCUT2D eigenvalue weighted by atomic mass is 9.74. The molecule has 2 nitrogen and oxygen atoms in total. The van der Waals surface area contributed by atoms with Crippen LogP contribution < -0.4 is 0 Å². The van der Waals surface area contributed by atoms with Crippen LogP contribution in [0.5, 0.6) is 0 Å². The molecule has 0 aromatic carbocycles. The summed E-state index contributed by atoms with van der Waals surface area (Å²) in [4.78, 5) is 4.40. The molecule has 0 radical (unpaired) electrons. The smallest absolute Gasteiger partial charge is 0.170 e. The van der Waals surface area contributed by atoms with Gasteiger partial charge < -0.3 is 4.74 Å². The number of nitrogens with zero attached hydrogens (tertiary/aromatic N) is 1. The second-order valence-electron chi connectivity index (χ2n) is 6.25. The fraction of sp³-hybridized carbons (Fsp3) is 0.938. The van der Waals surface area contributed by atoms with E-state index in [-0.39, 0.29) is 5.60 Å². The minimum Gasteiger partial charge on any atom is -0.475 e. The first-order chi connectivity index (χ1) is 8.79. The summed E-state index contributed by atoms with van der Waals surface area (Å²) in [5, 5.41) is 0. The van der Waals surface area contributed by atoms with Crippen molar-refractivity contribution in [2.24, 2.45) is 16.8 Å². The van der Waals surface area contributed by atoms with Gasteiger partial charge in [-0.05, 0) is 25.2 Å². The van der Waals surface area contributed by atoms with Gasteiger partial charge in [-0.25, -0.2) is 0 Å². The molecule has 0 saturated heterocycles. The first kappa shape index (κ1) is 13.9. The van der Waals surface area contributed by atoms with Crippen molar-refractivity contribution in [3.63, 3.8) is 0 Å². The SMILES string of the molecule is CCCCCCC1CCCCC(C)C12CN=CO2. The average Bonchev–Trinajstić information content (AvgIpc) is 2.81. The molecule has 2 heteroatoms. The molecule has 0 aromatic heterocycles. The highest BCUT2D eigenvalue weighted by Crippen LogP contribution is 2.43. The van der Waals surface area contributed by atoms with E-state index in [0.29, 0.717) is 5.92 Å². The fourth-order valence-corrected chi connectivity index (χ4v) is 3.79. The summed E-state index contributed by atoms with van der Waals surface area (Å²) in [6.45, 7) is 5.56. The quantitative estimate of drug-likeness (QED) is 0.655. The number of hydrogen-bond acceptors (Lipinski definition) is 2. The van der Waals surface area contributed by atoms with E-state index in [1.54, 1.807) is 6.40 Å². The Morgan fingerprint density at radius 1 is 1.22 bits per heavy atom. The molecule has 1 aliphatic heterocycles. The van der Waals surface area contributed by atoms with Crippen LogP contribution in [0, 0.1) is 11.8 Å². The van der Waals surface area contributed by atoms with Gasteiger partial charge in [0.2, 0.25) is 0 Å². The van der Waals surface area contributed by atoms with Gasteiger partial charge in [-0.1, -0.05) is 52.4 Å². The summed E-state index contributed by atoms with van der Waals surface area (Å²) in [7, 11) is 0. The van der Waals surface area contributed by atoms with Gasteiger partial charge in [-0.2, -0.15) is 0 Å². The van der Waals surface area contributed by atoms with Crippen molar-refractivity contribution in [2.75, 3.05) is 6.54 Å². The first-order valence-electron chi connectivity index (χ1n) is 7.95. The molecular weight excluding hydrogens is 222 g/mol. The summed E-state index contributed by atoms with van der Waals surface area (Å²) in [5.41, 5.74) is 0.0582. The lowest BCUT2D eigenvalue weighted by Gasteiger charge is -2.39. The Balaban J connectivity index is 1.95. The minimum absolute atomic E-state index is 0.0582. The number of hydrogen-bond donors (Lipinski definition) is 0. The van der Waals surface area contributed by atoms with Crippen molar-refractivity contribution in [2.45, 2.75) is 77.2 Å². The first-order valence-corrected chi connectivity index (χ1v) is 7.95. The second kappa shape index (κ2) is 6.58. The molecule has 3 unspecified atom stereocenters. The fourth-order valence-electron chi connectivity index (χ4n) is 3.79. The molecule has 18 heavy (non-hydrogen) atoms. The van der Waals surface area contributed by atoms with Crippen LogP contribution >= 0.6 is 0 Å². The Hall–Kier alpha value is -0.530. The zero-order valence-electron chi connectivity index (χ0n) is 12.2. The van der Waals surface area contributed by atoms with Gasteiger partial charge in [0.15, 0.2) is 6.40 Å². The molecule has 2 aliphatic rings. The van der Waals surface area contributed by atoms with Gasteiger partial charge >= 0.3 is 0 Å². The van der Waals surface area contributed by atoms with E-state index in [4.69, 9.17) is 4.74 Å². The van der Waals surface area contributed by atoms with Gasteiger partial charge in [-0.3, -0.25) is 4.99 Å². The van der Waals surface area contributed by atoms with Gasteiger partial charge in [0, 0.05) is 5.92 Å². The molecule has 0 bridgehead atoms. The van der Waals surface area contributed by atoms with E-state index in [1.165, 1.54) is 57.8 Å². The van der Waals surface area contributed by atoms with Crippen LogP contribution in [0.25, 0.3) is 0 Å². The Labute approximate surface area is 112 Å². The Morgan fingerprint density at radius 3 is 2.78 bits per heavy atom. The standard InChI is InChI=1S/C16H29NO/c1-3-4-5-6-10-15-11-8-7-9-14(2)16(15)12-17-13-18-16/h13-15H,3-12H2,1-2H3. The van der Waals surface area contributed by atoms with Crippen molar-refractivity contribution in [3.05, 3.63) is 0 Å². The summed E-state index contributed by atoms with van der Waals surface area (Å²) in [6, 6.07) is 0. The molecule has 1 heterocycles. The third-order valence-electron chi connectivity index (χ3n) is 5.06. The van der Waals surface area contributed by atoms with E-state index >= 15 is 0 Å². The molecule has 1 aliphatic carbocycles. The topological polar surface area (TPSA) is 21.6 Å². The summed E-state index contributed by atoms with van der Waals surface area (Å²) < 4.78 is 6.05. The highest BCUT2D eigenvalue weighted by atomic mass is 16.5. The van der Waals surface area contributed by atoms with Crippen LogP contribution in [0.15, 0.2) is 4.99 Å². The molecular formula is C16H29NO. The van der Waals surface area contributed by atoms with Crippen LogP contribution in [-0.4, -0.2) is 18.5 Å². The predicted molar refractivity (Wildman–Crippen MR) is 77.1 cm³/mol. The van der Waals surface area contributed by atoms with E-state index in [9.17, 15) is 0 Å². The normalized spacial score (nSPS) is 35.7. The maximum atomic E-state index is 6.05. The molecule has 1 fully saturated rings. The molecule has 0 N–H and O–H groups in total. The molecule has 0 aromatic rings. The lowest BCUT2D eigenvalue weighted by molar-refractivity contribution is -0.0233. The zero-order chi connectivity index (χ0) is 12.8. The number of rotatable bonds is 5. The van der Waals surface area contributed by atoms with Crippen molar-refractivity contribution >= 4 is 6.40 Å². The van der Waals surface area contributed by atoms with Gasteiger partial charge in [0.05, 0.1) is 6.54 Å². The highest BCUT2D eigenvalue weighted by molar-refractivity contribution is 5.50. The number of aliphatic imine (C=N–C) groups is 1. The van der Waals surface area contributed by atoms with Crippen molar-refractivity contribution in [1.82, 2.24) is 0 Å². The van der Waals surface area contributed by atoms with Crippen LogP contribution in [0.4, 0.5) is 0 Å². The summed E-state index contributed by atoms with van der Waals surface area (Å²) in [6.07, 6.45) is 13.9. The Morgan fingerprint density at radius 2 is 2.06 bits per heavy atom. The second-order valence-corrected chi connectivity index (χ2v) is 6.25. The average molecular weight is 251 g/mol. The van der Waals surface area contributed by atoms with Crippen LogP contribution in [0.3, 0.4) is 0 Å². The Kier molecular flexibility index (Phi) is 5.08. The number of ether oxygens (including phenoxy) is 1. The molecule has 104 valence electrons. The third-order valence-corrected chi connectivity index (χ3v) is 5.06. The summed E-state index contributed by atoms with van der Waals surface area (Å²) in [5.74, 6) is 1.40. The van der Waals surface area contributed by atoms with E-state index in [1.807, 2.05) is 0 Å². The van der Waals surface area contributed by atoms with Crippen LogP contribution in [-0.2, 0) is 4.74 Å². The molecule has 2 rings (SSSR count). The zero-order valence-corrected chi connectivity index (χ0v) is 12.2. The predicted octanol–water partition coefficient (Wildman–Crippen LogP) is 4.58. The van der Waals surface area contributed by atoms with E-state index < -0.39 is 0 Å². The monoisotopic (exact) mass is 251 g/mol. The minimum atomic E-state index is 0.0582. The molecule has 1 spiro atoms. The maximum Gasteiger partial charge on any atom is 0.170 e. The lowest BCUT2D eigenvalue weighted by Crippen LogP contribution is -2.46. The molecule has 1 saturated carbocycles. The maximum absolute atomic E-state index is 6.05. The van der Waals surface area contributed by atoms with Crippen LogP contribution in [0.2, 0.25) is 0 Å². The van der Waals surface area contributed by atoms with Crippen molar-refractivity contribution in [3.8, 4) is 0 Å².